The van der Waals surface area contributed by atoms with Crippen molar-refractivity contribution in [3.63, 3.8) is 0 Å². The largest absolute Gasteiger partial charge is 0.468 e. The molecule has 5 aliphatic heterocycles. The normalized spacial score (nSPS) is 41.0. The molecule has 4 fully saturated rings. The van der Waals surface area contributed by atoms with E-state index >= 15 is 4.79 Å². The van der Waals surface area contributed by atoms with Crippen LogP contribution in [-0.4, -0.2) is 144 Å². The Morgan fingerprint density at radius 2 is 1.73 bits per heavy atom. The number of likely N-dealkylation sites (tertiary alicyclic amines) is 1. The first-order valence-corrected chi connectivity index (χ1v) is 21.5. The van der Waals surface area contributed by atoms with E-state index in [0.29, 0.717) is 58.2 Å². The number of aliphatic hydroxyl groups is 2. The van der Waals surface area contributed by atoms with E-state index in [-0.39, 0.29) is 17.9 Å². The molecule has 3 saturated heterocycles. The fourth-order valence-electron chi connectivity index (χ4n) is 13.9. The summed E-state index contributed by atoms with van der Waals surface area (Å²) in [5.74, 6) is -2.52. The van der Waals surface area contributed by atoms with E-state index in [9.17, 15) is 19.8 Å². The molecule has 13 heteroatoms. The molecule has 0 radical (unpaired) electrons. The van der Waals surface area contributed by atoms with Gasteiger partial charge in [-0.15, -0.1) is 0 Å². The number of fused-ring (bicyclic) bond motifs is 6. The summed E-state index contributed by atoms with van der Waals surface area (Å²) in [5.41, 5.74) is -1.81. The van der Waals surface area contributed by atoms with E-state index in [1.165, 1.54) is 21.1 Å². The number of hydrogen-bond acceptors (Lipinski definition) is 12. The SMILES string of the molecule is CC[C@]1(O)C[C@@H]2CN(CCc3c([nH]c4ccccc34)[C@@](C(=O)OC)(C3C=C4C(=CC3OC)N(C)[C@H]3[C@@](O)(C(=O)OC)[C@H](OC(C)=O)[C@]5(CC)C=CCN6CC[C@]43[C@@H]65)C2)C1. The second-order valence-corrected chi connectivity index (χ2v) is 18.6. The Hall–Kier alpha value is -4.01. The standard InChI is InChI=1S/C46H60N4O9/c1-8-42(54)23-28-24-45(40(52)57-6,36-30(15-19-49(25-28)26-42)29-13-10-11-14-33(29)47-36)32-21-31-34(22-35(32)56-5)48(4)38-44(31)17-20-50-18-12-16-43(9-2,37(44)50)39(59-27(3)51)46(38,55)41(53)58-7/h10-14,16,21-22,28,32,35,37-39,47,54-55H,8-9,15,17-20,23-26H2,1-7H3/t28-,32?,35?,37-,38+,39+,42-,43+,44+,45-,46-/m0/s1. The third-order valence-electron chi connectivity index (χ3n) is 16.0. The summed E-state index contributed by atoms with van der Waals surface area (Å²) < 4.78 is 24.1. The van der Waals surface area contributed by atoms with Gasteiger partial charge in [0.1, 0.15) is 5.41 Å². The van der Waals surface area contributed by atoms with Gasteiger partial charge in [0.25, 0.3) is 0 Å². The fraction of sp³-hybridized carbons (Fsp3) is 0.630. The number of likely N-dealkylation sites (N-methyl/N-ethyl adjacent to an activating group) is 1. The van der Waals surface area contributed by atoms with Crippen molar-refractivity contribution in [1.82, 2.24) is 19.7 Å². The van der Waals surface area contributed by atoms with Crippen molar-refractivity contribution in [3.05, 3.63) is 71.1 Å². The molecule has 6 heterocycles. The molecule has 3 unspecified atom stereocenters. The highest BCUT2D eigenvalue weighted by atomic mass is 16.6. The summed E-state index contributed by atoms with van der Waals surface area (Å²) in [7, 11) is 6.26. The summed E-state index contributed by atoms with van der Waals surface area (Å²) in [4.78, 5) is 53.3. The molecular formula is C46H60N4O9. The Bertz CT molecular complexity index is 2160. The Morgan fingerprint density at radius 3 is 2.42 bits per heavy atom. The second kappa shape index (κ2) is 14.0. The molecule has 9 rings (SSSR count). The lowest BCUT2D eigenvalue weighted by Gasteiger charge is -2.63. The minimum Gasteiger partial charge on any atom is -0.468 e. The second-order valence-electron chi connectivity index (χ2n) is 18.6. The Morgan fingerprint density at radius 1 is 0.966 bits per heavy atom. The van der Waals surface area contributed by atoms with Crippen LogP contribution < -0.4 is 0 Å². The Labute approximate surface area is 346 Å². The molecule has 59 heavy (non-hydrogen) atoms. The molecule has 2 aromatic rings. The average Bonchev–Trinajstić information content (AvgIpc) is 3.90. The van der Waals surface area contributed by atoms with Gasteiger partial charge in [0.05, 0.1) is 32.0 Å². The molecule has 1 aromatic carbocycles. The molecule has 12 atom stereocenters. The average molecular weight is 813 g/mol. The van der Waals surface area contributed by atoms with Crippen LogP contribution in [-0.2, 0) is 45.2 Å². The van der Waals surface area contributed by atoms with E-state index in [1.54, 1.807) is 7.11 Å². The predicted molar refractivity (Wildman–Crippen MR) is 219 cm³/mol. The van der Waals surface area contributed by atoms with Crippen molar-refractivity contribution in [2.24, 2.45) is 22.7 Å². The number of aromatic nitrogens is 1. The van der Waals surface area contributed by atoms with Crippen LogP contribution in [0.3, 0.4) is 0 Å². The number of methoxy groups -OCH3 is 3. The van der Waals surface area contributed by atoms with Crippen LogP contribution in [0, 0.1) is 22.7 Å². The number of hydrogen-bond donors (Lipinski definition) is 3. The zero-order chi connectivity index (χ0) is 41.9. The van der Waals surface area contributed by atoms with Crippen LogP contribution in [0.1, 0.15) is 64.1 Å². The van der Waals surface area contributed by atoms with Crippen molar-refractivity contribution >= 4 is 28.8 Å². The van der Waals surface area contributed by atoms with Gasteiger partial charge in [0.2, 0.25) is 5.60 Å². The van der Waals surface area contributed by atoms with Crippen molar-refractivity contribution in [3.8, 4) is 0 Å². The molecule has 1 saturated carbocycles. The number of piperidine rings is 1. The highest BCUT2D eigenvalue weighted by molar-refractivity contribution is 5.91. The van der Waals surface area contributed by atoms with Gasteiger partial charge >= 0.3 is 17.9 Å². The highest BCUT2D eigenvalue weighted by Crippen LogP contribution is 2.70. The lowest BCUT2D eigenvalue weighted by molar-refractivity contribution is -0.243. The van der Waals surface area contributed by atoms with Crippen LogP contribution in [0.2, 0.25) is 0 Å². The third-order valence-corrected chi connectivity index (χ3v) is 16.0. The van der Waals surface area contributed by atoms with Crippen LogP contribution in [0.25, 0.3) is 10.9 Å². The van der Waals surface area contributed by atoms with Crippen molar-refractivity contribution in [1.29, 1.82) is 0 Å². The van der Waals surface area contributed by atoms with Crippen molar-refractivity contribution in [2.45, 2.75) is 100 Å². The number of ether oxygens (including phenoxy) is 4. The molecule has 2 aliphatic carbocycles. The van der Waals surface area contributed by atoms with Gasteiger partial charge in [-0.1, -0.05) is 50.3 Å². The van der Waals surface area contributed by atoms with E-state index in [1.807, 2.05) is 37.9 Å². The first-order valence-electron chi connectivity index (χ1n) is 21.5. The fourth-order valence-corrected chi connectivity index (χ4v) is 13.9. The number of rotatable bonds is 7. The van der Waals surface area contributed by atoms with Crippen LogP contribution in [0.5, 0.6) is 0 Å². The van der Waals surface area contributed by atoms with Gasteiger partial charge in [-0.25, -0.2) is 4.79 Å². The third kappa shape index (κ3) is 5.30. The Balaban J connectivity index is 1.33. The van der Waals surface area contributed by atoms with E-state index in [0.717, 1.165) is 46.5 Å². The maximum absolute atomic E-state index is 15.4. The molecule has 318 valence electrons. The monoisotopic (exact) mass is 812 g/mol. The number of carbonyl (C=O) groups is 3. The topological polar surface area (TPSA) is 154 Å². The van der Waals surface area contributed by atoms with Crippen LogP contribution >= 0.6 is 0 Å². The summed E-state index contributed by atoms with van der Waals surface area (Å²) in [6.07, 6.45) is 9.77. The number of nitrogens with one attached hydrogen (secondary N) is 1. The van der Waals surface area contributed by atoms with Gasteiger partial charge in [-0.3, -0.25) is 19.4 Å². The number of para-hydroxylation sites is 1. The molecule has 7 aliphatic rings. The highest BCUT2D eigenvalue weighted by Gasteiger charge is 2.81. The molecular weight excluding hydrogens is 753 g/mol. The molecule has 1 spiro atoms. The number of benzene rings is 1. The molecule has 1 aromatic heterocycles. The zero-order valence-corrected chi connectivity index (χ0v) is 35.5. The predicted octanol–water partition coefficient (Wildman–Crippen LogP) is 3.63. The van der Waals surface area contributed by atoms with Gasteiger partial charge in [0.15, 0.2) is 6.10 Å². The lowest BCUT2D eigenvalue weighted by Crippen LogP contribution is -2.79. The lowest BCUT2D eigenvalue weighted by atomic mass is 9.47. The number of allylic oxidation sites excluding steroid dienone is 1. The summed E-state index contributed by atoms with van der Waals surface area (Å²) in [6.45, 7) is 8.73. The van der Waals surface area contributed by atoms with Crippen molar-refractivity contribution < 1.29 is 43.5 Å². The molecule has 13 nitrogen and oxygen atoms in total. The Kier molecular flexibility index (Phi) is 9.60. The summed E-state index contributed by atoms with van der Waals surface area (Å²) in [6, 6.07) is 7.01. The zero-order valence-electron chi connectivity index (χ0n) is 35.5. The minimum absolute atomic E-state index is 0.0645. The van der Waals surface area contributed by atoms with Gasteiger partial charge < -0.3 is 39.0 Å². The minimum atomic E-state index is -2.28. The van der Waals surface area contributed by atoms with Gasteiger partial charge in [0, 0.05) is 92.3 Å². The number of esters is 3. The first-order chi connectivity index (χ1) is 28.2. The van der Waals surface area contributed by atoms with Crippen molar-refractivity contribution in [2.75, 3.05) is 61.1 Å². The maximum atomic E-state index is 15.4. The molecule has 3 N–H and O–H groups in total. The summed E-state index contributed by atoms with van der Waals surface area (Å²) >= 11 is 0. The number of nitrogens with zero attached hydrogens (tertiary/aromatic N) is 3. The van der Waals surface area contributed by atoms with E-state index in [4.69, 9.17) is 18.9 Å². The van der Waals surface area contributed by atoms with Gasteiger partial charge in [-0.2, -0.15) is 0 Å². The summed E-state index contributed by atoms with van der Waals surface area (Å²) in [5, 5.41) is 26.4. The molecule has 0 amide bonds. The smallest absolute Gasteiger partial charge is 0.344 e. The van der Waals surface area contributed by atoms with E-state index < -0.39 is 63.6 Å². The number of aromatic amines is 1. The van der Waals surface area contributed by atoms with Crippen LogP contribution in [0.15, 0.2) is 59.8 Å². The van der Waals surface area contributed by atoms with E-state index in [2.05, 4.69) is 51.2 Å². The molecule has 2 bridgehead atoms. The first kappa shape index (κ1) is 40.4. The number of carbonyl (C=O) groups excluding carboxylic acids is 3. The quantitative estimate of drug-likeness (QED) is 0.213. The van der Waals surface area contributed by atoms with Gasteiger partial charge in [-0.05, 0) is 74.3 Å². The van der Waals surface area contributed by atoms with Crippen LogP contribution in [0.4, 0.5) is 0 Å². The maximum Gasteiger partial charge on any atom is 0.344 e. The number of H-pyrrole nitrogens is 1.